The van der Waals surface area contributed by atoms with Gasteiger partial charge in [0.1, 0.15) is 11.6 Å². The number of benzene rings is 1. The van der Waals surface area contributed by atoms with E-state index in [0.29, 0.717) is 22.4 Å². The zero-order chi connectivity index (χ0) is 18.5. The molecular weight excluding hydrogens is 352 g/mol. The zero-order valence-electron chi connectivity index (χ0n) is 15.1. The van der Waals surface area contributed by atoms with E-state index in [0.717, 1.165) is 24.4 Å². The average molecular weight is 375 g/mol. The summed E-state index contributed by atoms with van der Waals surface area (Å²) in [6, 6.07) is 9.71. The monoisotopic (exact) mass is 374 g/mol. The normalized spacial score (nSPS) is 12.5. The van der Waals surface area contributed by atoms with Gasteiger partial charge >= 0.3 is 0 Å². The van der Waals surface area contributed by atoms with Crippen LogP contribution in [0.2, 0.25) is 5.02 Å². The molecule has 2 aromatic heterocycles. The fourth-order valence-electron chi connectivity index (χ4n) is 2.58. The van der Waals surface area contributed by atoms with Gasteiger partial charge in [0.15, 0.2) is 5.76 Å². The molecule has 0 spiro atoms. The lowest BCUT2D eigenvalue weighted by Crippen LogP contribution is -2.21. The van der Waals surface area contributed by atoms with E-state index in [2.05, 4.69) is 27.4 Å². The summed E-state index contributed by atoms with van der Waals surface area (Å²) in [5.74, 6) is 2.76. The second-order valence-electron chi connectivity index (χ2n) is 6.37. The van der Waals surface area contributed by atoms with Crippen LogP contribution < -0.4 is 10.1 Å². The summed E-state index contributed by atoms with van der Waals surface area (Å²) in [5, 5.41) is 11.2. The molecule has 2 heterocycles. The molecule has 1 unspecified atom stereocenters. The third-order valence-corrected chi connectivity index (χ3v) is 4.20. The number of nitrogens with one attached hydrogen (secondary N) is 2. The molecule has 6 nitrogen and oxygen atoms in total. The van der Waals surface area contributed by atoms with Crippen molar-refractivity contribution in [1.29, 1.82) is 0 Å². The Hall–Kier alpha value is -2.31. The maximum absolute atomic E-state index is 6.31. The van der Waals surface area contributed by atoms with Gasteiger partial charge in [0.25, 0.3) is 0 Å². The van der Waals surface area contributed by atoms with Crippen LogP contribution in [0.1, 0.15) is 38.2 Å². The number of H-pyrrole nitrogens is 1. The predicted octanol–water partition coefficient (Wildman–Crippen LogP) is 4.40. The lowest BCUT2D eigenvalue weighted by Gasteiger charge is -2.16. The Morgan fingerprint density at radius 1 is 1.27 bits per heavy atom. The minimum absolute atomic E-state index is 0.0990. The summed E-state index contributed by atoms with van der Waals surface area (Å²) in [7, 11) is 0. The first-order valence-corrected chi connectivity index (χ1v) is 9.05. The molecule has 0 aliphatic rings. The number of furan rings is 1. The third-order valence-electron chi connectivity index (χ3n) is 3.90. The maximum atomic E-state index is 6.31. The Balaban J connectivity index is 1.52. The number of rotatable bonds is 8. The first-order chi connectivity index (χ1) is 12.5. The van der Waals surface area contributed by atoms with Crippen molar-refractivity contribution in [2.45, 2.75) is 39.3 Å². The van der Waals surface area contributed by atoms with Crippen molar-refractivity contribution in [3.63, 3.8) is 0 Å². The van der Waals surface area contributed by atoms with Crippen LogP contribution in [0.3, 0.4) is 0 Å². The van der Waals surface area contributed by atoms with E-state index >= 15 is 0 Å². The first kappa shape index (κ1) is 18.5. The van der Waals surface area contributed by atoms with Crippen molar-refractivity contribution < 1.29 is 9.15 Å². The SMILES string of the molecule is CC(C)Oc1ccc(C(C)NCCc2nc(-c3ccco3)n[nH]2)cc1Cl. The molecule has 0 aliphatic carbocycles. The summed E-state index contributed by atoms with van der Waals surface area (Å²) >= 11 is 6.31. The van der Waals surface area contributed by atoms with Gasteiger partial charge in [-0.2, -0.15) is 5.10 Å². The van der Waals surface area contributed by atoms with Gasteiger partial charge in [-0.1, -0.05) is 17.7 Å². The second kappa shape index (κ2) is 8.38. The lowest BCUT2D eigenvalue weighted by atomic mass is 10.1. The highest BCUT2D eigenvalue weighted by Crippen LogP contribution is 2.28. The second-order valence-corrected chi connectivity index (χ2v) is 6.77. The highest BCUT2D eigenvalue weighted by atomic mass is 35.5. The number of aromatic amines is 1. The molecule has 3 rings (SSSR count). The molecule has 2 N–H and O–H groups in total. The van der Waals surface area contributed by atoms with Crippen LogP contribution in [-0.4, -0.2) is 27.8 Å². The number of aromatic nitrogens is 3. The van der Waals surface area contributed by atoms with E-state index in [1.807, 2.05) is 44.2 Å². The van der Waals surface area contributed by atoms with Crippen LogP contribution in [-0.2, 0) is 6.42 Å². The third kappa shape index (κ3) is 4.65. The molecule has 7 heteroatoms. The van der Waals surface area contributed by atoms with E-state index in [9.17, 15) is 0 Å². The van der Waals surface area contributed by atoms with Gasteiger partial charge < -0.3 is 14.5 Å². The fourth-order valence-corrected chi connectivity index (χ4v) is 2.82. The van der Waals surface area contributed by atoms with Crippen LogP contribution in [0.5, 0.6) is 5.75 Å². The molecule has 0 fully saturated rings. The Bertz CT molecular complexity index is 830. The van der Waals surface area contributed by atoms with Crippen LogP contribution in [0.4, 0.5) is 0 Å². The molecule has 0 amide bonds. The quantitative estimate of drug-likeness (QED) is 0.611. The molecule has 3 aromatic rings. The van der Waals surface area contributed by atoms with Gasteiger partial charge in [-0.05, 0) is 50.6 Å². The Labute approximate surface area is 157 Å². The van der Waals surface area contributed by atoms with E-state index in [-0.39, 0.29) is 12.1 Å². The minimum Gasteiger partial charge on any atom is -0.489 e. The molecule has 1 aromatic carbocycles. The molecular formula is C19H23ClN4O2. The van der Waals surface area contributed by atoms with Crippen LogP contribution >= 0.6 is 11.6 Å². The summed E-state index contributed by atoms with van der Waals surface area (Å²) in [6.07, 6.45) is 2.44. The van der Waals surface area contributed by atoms with Gasteiger partial charge in [0, 0.05) is 19.0 Å². The molecule has 0 radical (unpaired) electrons. The van der Waals surface area contributed by atoms with Crippen LogP contribution in [0, 0.1) is 0 Å². The van der Waals surface area contributed by atoms with E-state index in [1.54, 1.807) is 6.26 Å². The van der Waals surface area contributed by atoms with E-state index in [1.165, 1.54) is 0 Å². The highest BCUT2D eigenvalue weighted by molar-refractivity contribution is 6.32. The van der Waals surface area contributed by atoms with Crippen LogP contribution in [0.25, 0.3) is 11.6 Å². The molecule has 26 heavy (non-hydrogen) atoms. The molecule has 0 saturated carbocycles. The number of hydrogen-bond donors (Lipinski definition) is 2. The highest BCUT2D eigenvalue weighted by Gasteiger charge is 2.11. The van der Waals surface area contributed by atoms with E-state index in [4.69, 9.17) is 20.8 Å². The van der Waals surface area contributed by atoms with E-state index < -0.39 is 0 Å². The molecule has 0 bridgehead atoms. The summed E-state index contributed by atoms with van der Waals surface area (Å²) in [5.41, 5.74) is 1.11. The van der Waals surface area contributed by atoms with Gasteiger partial charge in [0.2, 0.25) is 5.82 Å². The zero-order valence-corrected chi connectivity index (χ0v) is 15.9. The Kier molecular flexibility index (Phi) is 5.96. The van der Waals surface area contributed by atoms with Crippen molar-refractivity contribution in [2.75, 3.05) is 6.54 Å². The topological polar surface area (TPSA) is 76.0 Å². The van der Waals surface area contributed by atoms with Crippen molar-refractivity contribution in [1.82, 2.24) is 20.5 Å². The van der Waals surface area contributed by atoms with Gasteiger partial charge in [-0.3, -0.25) is 5.10 Å². The number of nitrogens with zero attached hydrogens (tertiary/aromatic N) is 2. The van der Waals surface area contributed by atoms with Crippen LogP contribution in [0.15, 0.2) is 41.0 Å². The fraction of sp³-hybridized carbons (Fsp3) is 0.368. The first-order valence-electron chi connectivity index (χ1n) is 8.67. The molecule has 1 atom stereocenters. The predicted molar refractivity (Wildman–Crippen MR) is 101 cm³/mol. The smallest absolute Gasteiger partial charge is 0.216 e. The molecule has 138 valence electrons. The maximum Gasteiger partial charge on any atom is 0.216 e. The Morgan fingerprint density at radius 2 is 2.12 bits per heavy atom. The standard InChI is InChI=1S/C19H23ClN4O2/c1-12(2)26-16-7-6-14(11-15(16)20)13(3)21-9-8-18-22-19(24-23-18)17-5-4-10-25-17/h4-7,10-13,21H,8-9H2,1-3H3,(H,22,23,24). The summed E-state index contributed by atoms with van der Waals surface area (Å²) in [6.45, 7) is 6.82. The average Bonchev–Trinajstić information content (AvgIpc) is 3.27. The Morgan fingerprint density at radius 3 is 2.81 bits per heavy atom. The molecule has 0 aliphatic heterocycles. The molecule has 0 saturated heterocycles. The number of ether oxygens (including phenoxy) is 1. The lowest BCUT2D eigenvalue weighted by molar-refractivity contribution is 0.242. The van der Waals surface area contributed by atoms with Gasteiger partial charge in [-0.15, -0.1) is 0 Å². The van der Waals surface area contributed by atoms with Gasteiger partial charge in [0.05, 0.1) is 17.4 Å². The largest absolute Gasteiger partial charge is 0.489 e. The van der Waals surface area contributed by atoms with Crippen molar-refractivity contribution in [3.05, 3.63) is 53.0 Å². The summed E-state index contributed by atoms with van der Waals surface area (Å²) < 4.78 is 11.0. The van der Waals surface area contributed by atoms with Crippen molar-refractivity contribution in [2.24, 2.45) is 0 Å². The summed E-state index contributed by atoms with van der Waals surface area (Å²) in [4.78, 5) is 4.44. The van der Waals surface area contributed by atoms with Crippen molar-refractivity contribution in [3.8, 4) is 17.3 Å². The number of hydrogen-bond acceptors (Lipinski definition) is 5. The number of halogens is 1. The van der Waals surface area contributed by atoms with Gasteiger partial charge in [-0.25, -0.2) is 4.98 Å². The minimum atomic E-state index is 0.0990. The van der Waals surface area contributed by atoms with Crippen molar-refractivity contribution >= 4 is 11.6 Å².